The molecule has 1 aromatic carbocycles. The molecular formula is C17H24N2O. The topological polar surface area (TPSA) is 45.0 Å². The van der Waals surface area contributed by atoms with Gasteiger partial charge in [0.25, 0.3) is 0 Å². The first-order valence-corrected chi connectivity index (χ1v) is 7.61. The van der Waals surface area contributed by atoms with Gasteiger partial charge in [0.1, 0.15) is 11.8 Å². The molecule has 1 atom stereocenters. The summed E-state index contributed by atoms with van der Waals surface area (Å²) < 4.78 is 5.33. The second-order valence-corrected chi connectivity index (χ2v) is 5.66. The lowest BCUT2D eigenvalue weighted by molar-refractivity contribution is 0.280. The Hall–Kier alpha value is -1.53. The molecule has 1 fully saturated rings. The molecule has 0 heterocycles. The Balaban J connectivity index is 1.82. The van der Waals surface area contributed by atoms with Gasteiger partial charge in [0.2, 0.25) is 0 Å². The van der Waals surface area contributed by atoms with Crippen LogP contribution in [0.15, 0.2) is 24.3 Å². The molecule has 2 rings (SSSR count). The van der Waals surface area contributed by atoms with Gasteiger partial charge in [0.15, 0.2) is 6.61 Å². The maximum Gasteiger partial charge on any atom is 0.174 e. The molecule has 1 saturated carbocycles. The van der Waals surface area contributed by atoms with E-state index >= 15 is 0 Å². The Morgan fingerprint density at radius 3 is 2.90 bits per heavy atom. The zero-order chi connectivity index (χ0) is 14.2. The Labute approximate surface area is 121 Å². The van der Waals surface area contributed by atoms with E-state index in [4.69, 9.17) is 10.00 Å². The highest BCUT2D eigenvalue weighted by molar-refractivity contribution is 5.28. The van der Waals surface area contributed by atoms with Crippen molar-refractivity contribution in [2.24, 2.45) is 5.92 Å². The highest BCUT2D eigenvalue weighted by Crippen LogP contribution is 2.26. The van der Waals surface area contributed by atoms with E-state index in [-0.39, 0.29) is 6.61 Å². The normalized spacial score (nSPS) is 17.4. The smallest absolute Gasteiger partial charge is 0.174 e. The fourth-order valence-electron chi connectivity index (χ4n) is 2.94. The molecule has 3 heteroatoms. The van der Waals surface area contributed by atoms with E-state index in [0.717, 1.165) is 18.2 Å². The predicted molar refractivity (Wildman–Crippen MR) is 80.4 cm³/mol. The van der Waals surface area contributed by atoms with E-state index < -0.39 is 0 Å². The van der Waals surface area contributed by atoms with Gasteiger partial charge in [0, 0.05) is 12.6 Å². The van der Waals surface area contributed by atoms with Gasteiger partial charge in [-0.2, -0.15) is 5.26 Å². The molecule has 0 aliphatic heterocycles. The first kappa shape index (κ1) is 14.9. The Kier molecular flexibility index (Phi) is 5.88. The van der Waals surface area contributed by atoms with Gasteiger partial charge >= 0.3 is 0 Å². The number of nitrogens with one attached hydrogen (secondary N) is 1. The Morgan fingerprint density at radius 2 is 2.15 bits per heavy atom. The summed E-state index contributed by atoms with van der Waals surface area (Å²) in [5, 5.41) is 12.2. The molecule has 108 valence electrons. The van der Waals surface area contributed by atoms with Gasteiger partial charge < -0.3 is 10.1 Å². The number of benzene rings is 1. The average Bonchev–Trinajstić information content (AvgIpc) is 2.52. The lowest BCUT2D eigenvalue weighted by atomic mass is 9.84. The molecule has 20 heavy (non-hydrogen) atoms. The van der Waals surface area contributed by atoms with Crippen LogP contribution in [-0.2, 0) is 6.54 Å². The maximum atomic E-state index is 8.53. The van der Waals surface area contributed by atoms with Crippen LogP contribution in [0.2, 0.25) is 0 Å². The standard InChI is InChI=1S/C17H24N2O/c1-14(16-7-3-2-4-8-16)19-13-15-6-5-9-17(12-15)20-11-10-18/h5-6,9,12,14,16,19H,2-4,7-8,11,13H2,1H3/t14-/m1/s1. The molecule has 0 saturated heterocycles. The highest BCUT2D eigenvalue weighted by atomic mass is 16.5. The monoisotopic (exact) mass is 272 g/mol. The van der Waals surface area contributed by atoms with Crippen LogP contribution in [0.3, 0.4) is 0 Å². The van der Waals surface area contributed by atoms with Crippen molar-refractivity contribution in [1.82, 2.24) is 5.32 Å². The summed E-state index contributed by atoms with van der Waals surface area (Å²) in [6.45, 7) is 3.27. The van der Waals surface area contributed by atoms with Crippen molar-refractivity contribution in [3.8, 4) is 11.8 Å². The van der Waals surface area contributed by atoms with Gasteiger partial charge in [0.05, 0.1) is 0 Å². The summed E-state index contributed by atoms with van der Waals surface area (Å²) in [4.78, 5) is 0. The second kappa shape index (κ2) is 7.91. The predicted octanol–water partition coefficient (Wildman–Crippen LogP) is 3.65. The summed E-state index contributed by atoms with van der Waals surface area (Å²) in [5.74, 6) is 1.60. The highest BCUT2D eigenvalue weighted by Gasteiger charge is 2.19. The van der Waals surface area contributed by atoms with Gasteiger partial charge in [-0.25, -0.2) is 0 Å². The summed E-state index contributed by atoms with van der Waals surface area (Å²) in [5.41, 5.74) is 1.21. The first-order valence-electron chi connectivity index (χ1n) is 7.61. The molecule has 0 amide bonds. The molecule has 0 radical (unpaired) electrons. The average molecular weight is 272 g/mol. The molecule has 1 aromatic rings. The van der Waals surface area contributed by atoms with Crippen LogP contribution >= 0.6 is 0 Å². The summed E-state index contributed by atoms with van der Waals surface area (Å²) in [6.07, 6.45) is 6.89. The molecule has 1 aliphatic carbocycles. The van der Waals surface area contributed by atoms with E-state index in [1.165, 1.54) is 37.7 Å². The maximum absolute atomic E-state index is 8.53. The fourth-order valence-corrected chi connectivity index (χ4v) is 2.94. The van der Waals surface area contributed by atoms with Crippen LogP contribution in [-0.4, -0.2) is 12.6 Å². The molecule has 0 unspecified atom stereocenters. The molecule has 0 aromatic heterocycles. The summed E-state index contributed by atoms with van der Waals surface area (Å²) in [7, 11) is 0. The third-order valence-electron chi connectivity index (χ3n) is 4.19. The molecular weight excluding hydrogens is 248 g/mol. The third kappa shape index (κ3) is 4.54. The molecule has 1 aliphatic rings. The third-order valence-corrected chi connectivity index (χ3v) is 4.19. The van der Waals surface area contributed by atoms with E-state index in [9.17, 15) is 0 Å². The van der Waals surface area contributed by atoms with Crippen LogP contribution < -0.4 is 10.1 Å². The van der Waals surface area contributed by atoms with E-state index in [0.29, 0.717) is 6.04 Å². The molecule has 1 N–H and O–H groups in total. The fraction of sp³-hybridized carbons (Fsp3) is 0.588. The quantitative estimate of drug-likeness (QED) is 0.859. The minimum atomic E-state index is 0.107. The molecule has 3 nitrogen and oxygen atoms in total. The van der Waals surface area contributed by atoms with E-state index in [2.05, 4.69) is 18.3 Å². The number of ether oxygens (including phenoxy) is 1. The van der Waals surface area contributed by atoms with Gasteiger partial charge in [-0.3, -0.25) is 0 Å². The van der Waals surface area contributed by atoms with Crippen LogP contribution in [0.5, 0.6) is 5.75 Å². The van der Waals surface area contributed by atoms with Crippen molar-refractivity contribution in [3.63, 3.8) is 0 Å². The molecule has 0 bridgehead atoms. The van der Waals surface area contributed by atoms with Crippen molar-refractivity contribution >= 4 is 0 Å². The second-order valence-electron chi connectivity index (χ2n) is 5.66. The number of hydrogen-bond acceptors (Lipinski definition) is 3. The largest absolute Gasteiger partial charge is 0.479 e. The van der Waals surface area contributed by atoms with Gasteiger partial charge in [-0.15, -0.1) is 0 Å². The number of hydrogen-bond donors (Lipinski definition) is 1. The Morgan fingerprint density at radius 1 is 1.35 bits per heavy atom. The van der Waals surface area contributed by atoms with E-state index in [1.807, 2.05) is 24.3 Å². The van der Waals surface area contributed by atoms with Crippen LogP contribution in [0, 0.1) is 17.2 Å². The van der Waals surface area contributed by atoms with Crippen molar-refractivity contribution in [1.29, 1.82) is 5.26 Å². The lowest BCUT2D eigenvalue weighted by Crippen LogP contribution is -2.34. The van der Waals surface area contributed by atoms with Gasteiger partial charge in [-0.05, 0) is 43.4 Å². The zero-order valence-corrected chi connectivity index (χ0v) is 12.3. The first-order chi connectivity index (χ1) is 9.79. The van der Waals surface area contributed by atoms with Crippen molar-refractivity contribution < 1.29 is 4.74 Å². The van der Waals surface area contributed by atoms with E-state index in [1.54, 1.807) is 0 Å². The zero-order valence-electron chi connectivity index (χ0n) is 12.3. The summed E-state index contributed by atoms with van der Waals surface area (Å²) in [6, 6.07) is 10.5. The molecule has 0 spiro atoms. The van der Waals surface area contributed by atoms with Crippen LogP contribution in [0.1, 0.15) is 44.6 Å². The minimum absolute atomic E-state index is 0.107. The summed E-state index contributed by atoms with van der Waals surface area (Å²) >= 11 is 0. The SMILES string of the molecule is C[C@@H](NCc1cccc(OCC#N)c1)C1CCCCC1. The number of rotatable bonds is 6. The minimum Gasteiger partial charge on any atom is -0.479 e. The van der Waals surface area contributed by atoms with Crippen molar-refractivity contribution in [3.05, 3.63) is 29.8 Å². The Bertz CT molecular complexity index is 447. The number of nitriles is 1. The van der Waals surface area contributed by atoms with Gasteiger partial charge in [-0.1, -0.05) is 31.4 Å². The lowest BCUT2D eigenvalue weighted by Gasteiger charge is -2.28. The van der Waals surface area contributed by atoms with Crippen LogP contribution in [0.25, 0.3) is 0 Å². The van der Waals surface area contributed by atoms with Crippen molar-refractivity contribution in [2.45, 2.75) is 51.6 Å². The van der Waals surface area contributed by atoms with Crippen LogP contribution in [0.4, 0.5) is 0 Å². The van der Waals surface area contributed by atoms with Crippen molar-refractivity contribution in [2.75, 3.05) is 6.61 Å². The number of nitrogens with zero attached hydrogens (tertiary/aromatic N) is 1.